The van der Waals surface area contributed by atoms with Gasteiger partial charge in [0.05, 0.1) is 4.90 Å². The molecular weight excluding hydrogens is 320 g/mol. The Kier molecular flexibility index (Phi) is 4.23. The molecule has 1 heterocycles. The van der Waals surface area contributed by atoms with Crippen molar-refractivity contribution in [2.75, 3.05) is 11.0 Å². The van der Waals surface area contributed by atoms with Crippen LogP contribution in [0.25, 0.3) is 0 Å². The predicted molar refractivity (Wildman–Crippen MR) is 77.3 cm³/mol. The number of nitrogens with one attached hydrogen (secondary N) is 2. The van der Waals surface area contributed by atoms with Crippen LogP contribution in [0.1, 0.15) is 5.56 Å². The highest BCUT2D eigenvalue weighted by atomic mass is 35.5. The van der Waals surface area contributed by atoms with Crippen LogP contribution in [0.2, 0.25) is 5.02 Å². The lowest BCUT2D eigenvalue weighted by Crippen LogP contribution is -2.13. The van der Waals surface area contributed by atoms with Crippen molar-refractivity contribution in [3.05, 3.63) is 34.9 Å². The number of thioether (sulfide) groups is 1. The predicted octanol–water partition coefficient (Wildman–Crippen LogP) is 2.46. The van der Waals surface area contributed by atoms with E-state index in [1.165, 1.54) is 36.0 Å². The molecule has 0 amide bonds. The minimum absolute atomic E-state index is 0.0473. The van der Waals surface area contributed by atoms with Gasteiger partial charge in [-0.05, 0) is 30.5 Å². The third kappa shape index (κ3) is 2.90. The highest BCUT2D eigenvalue weighted by molar-refractivity contribution is 7.98. The molecule has 0 unspecified atom stereocenters. The highest BCUT2D eigenvalue weighted by Crippen LogP contribution is 2.25. The maximum Gasteiger partial charge on any atom is 0.263 e. The maximum absolute atomic E-state index is 12.2. The summed E-state index contributed by atoms with van der Waals surface area (Å²) in [5.41, 5.74) is 0.162. The summed E-state index contributed by atoms with van der Waals surface area (Å²) in [5, 5.41) is 16.3. The number of aromatic nitrogens is 2. The number of hydrogen-bond acceptors (Lipinski definition) is 5. The number of halogens is 1. The van der Waals surface area contributed by atoms with Crippen molar-refractivity contribution in [3.8, 4) is 6.07 Å². The van der Waals surface area contributed by atoms with E-state index in [1.54, 1.807) is 6.26 Å². The maximum atomic E-state index is 12.2. The molecule has 0 aliphatic carbocycles. The van der Waals surface area contributed by atoms with Crippen LogP contribution in [0, 0.1) is 11.3 Å². The number of nitriles is 1. The standard InChI is InChI=1S/C11H9ClN4O2S2/c1-19-11-9(6-13)10(14-15-11)16-20(17,18)8-4-2-7(12)3-5-8/h2-5H,1H3,(H2,14,15,16). The molecule has 0 spiro atoms. The Morgan fingerprint density at radius 3 is 2.60 bits per heavy atom. The zero-order valence-electron chi connectivity index (χ0n) is 10.2. The second-order valence-corrected chi connectivity index (χ2v) is 6.57. The van der Waals surface area contributed by atoms with Crippen LogP contribution in [0.15, 0.2) is 34.2 Å². The van der Waals surface area contributed by atoms with Crippen molar-refractivity contribution in [3.63, 3.8) is 0 Å². The number of sulfonamides is 1. The molecule has 2 aromatic rings. The van der Waals surface area contributed by atoms with E-state index in [2.05, 4.69) is 14.9 Å². The van der Waals surface area contributed by atoms with Gasteiger partial charge in [-0.25, -0.2) is 8.42 Å². The van der Waals surface area contributed by atoms with Crippen LogP contribution in [-0.4, -0.2) is 24.9 Å². The van der Waals surface area contributed by atoms with Gasteiger partial charge in [0.15, 0.2) is 5.82 Å². The molecule has 0 radical (unpaired) electrons. The first-order valence-corrected chi connectivity index (χ1v) is 8.37. The molecule has 1 aromatic heterocycles. The van der Waals surface area contributed by atoms with Gasteiger partial charge < -0.3 is 0 Å². The molecule has 0 saturated carbocycles. The minimum atomic E-state index is -3.80. The first-order chi connectivity index (χ1) is 9.47. The van der Waals surface area contributed by atoms with E-state index >= 15 is 0 Å². The van der Waals surface area contributed by atoms with E-state index in [9.17, 15) is 8.42 Å². The average molecular weight is 329 g/mol. The highest BCUT2D eigenvalue weighted by Gasteiger charge is 2.19. The van der Waals surface area contributed by atoms with Gasteiger partial charge in [-0.15, -0.1) is 11.8 Å². The normalized spacial score (nSPS) is 11.1. The van der Waals surface area contributed by atoms with Crippen LogP contribution in [-0.2, 0) is 10.0 Å². The van der Waals surface area contributed by atoms with Gasteiger partial charge in [-0.3, -0.25) is 9.82 Å². The molecule has 104 valence electrons. The van der Waals surface area contributed by atoms with Crippen LogP contribution >= 0.6 is 23.4 Å². The lowest BCUT2D eigenvalue weighted by atomic mass is 10.4. The fourth-order valence-electron chi connectivity index (χ4n) is 1.46. The van der Waals surface area contributed by atoms with Crippen molar-refractivity contribution < 1.29 is 8.42 Å². The molecule has 1 aromatic carbocycles. The Hall–Kier alpha value is -1.69. The Bertz CT molecular complexity index is 763. The van der Waals surface area contributed by atoms with Gasteiger partial charge in [-0.1, -0.05) is 11.6 Å². The lowest BCUT2D eigenvalue weighted by molar-refractivity contribution is 0.601. The van der Waals surface area contributed by atoms with Gasteiger partial charge in [0.1, 0.15) is 16.7 Å². The zero-order chi connectivity index (χ0) is 14.8. The summed E-state index contributed by atoms with van der Waals surface area (Å²) < 4.78 is 26.6. The monoisotopic (exact) mass is 328 g/mol. The van der Waals surface area contributed by atoms with Crippen LogP contribution in [0.5, 0.6) is 0 Å². The second-order valence-electron chi connectivity index (χ2n) is 3.65. The molecule has 0 aliphatic rings. The smallest absolute Gasteiger partial charge is 0.263 e. The molecule has 0 fully saturated rings. The fourth-order valence-corrected chi connectivity index (χ4v) is 3.10. The largest absolute Gasteiger partial charge is 0.263 e. The van der Waals surface area contributed by atoms with Crippen molar-refractivity contribution >= 4 is 39.2 Å². The number of benzene rings is 1. The van der Waals surface area contributed by atoms with E-state index in [-0.39, 0.29) is 16.3 Å². The molecule has 0 aliphatic heterocycles. The third-order valence-electron chi connectivity index (χ3n) is 2.40. The van der Waals surface area contributed by atoms with Crippen LogP contribution < -0.4 is 4.72 Å². The SMILES string of the molecule is CSc1n[nH]c(NS(=O)(=O)c2ccc(Cl)cc2)c1C#N. The summed E-state index contributed by atoms with van der Waals surface area (Å²) in [4.78, 5) is 0.0473. The molecular formula is C11H9ClN4O2S2. The fraction of sp³-hybridized carbons (Fsp3) is 0.0909. The topological polar surface area (TPSA) is 98.6 Å². The van der Waals surface area contributed by atoms with Gasteiger partial charge in [0.25, 0.3) is 10.0 Å². The molecule has 2 N–H and O–H groups in total. The Labute approximate surface area is 125 Å². The quantitative estimate of drug-likeness (QED) is 0.840. The van der Waals surface area contributed by atoms with Gasteiger partial charge in [0.2, 0.25) is 0 Å². The first kappa shape index (κ1) is 14.7. The van der Waals surface area contributed by atoms with Crippen LogP contribution in [0.4, 0.5) is 5.82 Å². The lowest BCUT2D eigenvalue weighted by Gasteiger charge is -2.06. The molecule has 0 saturated heterocycles. The van der Waals surface area contributed by atoms with Crippen LogP contribution in [0.3, 0.4) is 0 Å². The second kappa shape index (κ2) is 5.75. The van der Waals surface area contributed by atoms with Gasteiger partial charge >= 0.3 is 0 Å². The molecule has 0 bridgehead atoms. The Morgan fingerprint density at radius 1 is 1.40 bits per heavy atom. The number of hydrogen-bond donors (Lipinski definition) is 2. The molecule has 9 heteroatoms. The van der Waals surface area contributed by atoms with E-state index in [0.717, 1.165) is 0 Å². The molecule has 6 nitrogen and oxygen atoms in total. The van der Waals surface area contributed by atoms with Gasteiger partial charge in [0, 0.05) is 5.02 Å². The number of aromatic amines is 1. The van der Waals surface area contributed by atoms with Crippen molar-refractivity contribution in [1.82, 2.24) is 10.2 Å². The minimum Gasteiger partial charge on any atom is -0.263 e. The average Bonchev–Trinajstić information content (AvgIpc) is 2.80. The summed E-state index contributed by atoms with van der Waals surface area (Å²) >= 11 is 6.96. The van der Waals surface area contributed by atoms with Crippen molar-refractivity contribution in [2.24, 2.45) is 0 Å². The molecule has 20 heavy (non-hydrogen) atoms. The zero-order valence-corrected chi connectivity index (χ0v) is 12.6. The van der Waals surface area contributed by atoms with E-state index in [1.807, 2.05) is 6.07 Å². The first-order valence-electron chi connectivity index (χ1n) is 5.29. The van der Waals surface area contributed by atoms with Crippen molar-refractivity contribution in [2.45, 2.75) is 9.92 Å². The summed E-state index contributed by atoms with van der Waals surface area (Å²) in [5.74, 6) is 0.0480. The Balaban J connectivity index is 2.36. The van der Waals surface area contributed by atoms with E-state index in [4.69, 9.17) is 16.9 Å². The van der Waals surface area contributed by atoms with E-state index < -0.39 is 10.0 Å². The van der Waals surface area contributed by atoms with E-state index in [0.29, 0.717) is 10.0 Å². The molecule has 2 rings (SSSR count). The summed E-state index contributed by atoms with van der Waals surface area (Å²) in [7, 11) is -3.80. The Morgan fingerprint density at radius 2 is 2.05 bits per heavy atom. The molecule has 0 atom stereocenters. The number of H-pyrrole nitrogens is 1. The summed E-state index contributed by atoms with van der Waals surface area (Å²) in [6, 6.07) is 7.62. The number of anilines is 1. The summed E-state index contributed by atoms with van der Waals surface area (Å²) in [6.45, 7) is 0. The number of nitrogens with zero attached hydrogens (tertiary/aromatic N) is 2. The summed E-state index contributed by atoms with van der Waals surface area (Å²) in [6.07, 6.45) is 1.74. The van der Waals surface area contributed by atoms with Crippen molar-refractivity contribution in [1.29, 1.82) is 5.26 Å². The third-order valence-corrected chi connectivity index (χ3v) is 4.70. The van der Waals surface area contributed by atoms with Gasteiger partial charge in [-0.2, -0.15) is 10.4 Å². The number of rotatable bonds is 4.